The minimum absolute atomic E-state index is 0.0137. The van der Waals surface area contributed by atoms with Crippen LogP contribution >= 0.6 is 11.3 Å². The molecule has 1 aliphatic rings. The van der Waals surface area contributed by atoms with Gasteiger partial charge in [-0.3, -0.25) is 14.7 Å². The molecule has 5 rings (SSSR count). The van der Waals surface area contributed by atoms with Crippen molar-refractivity contribution in [2.45, 2.75) is 0 Å². The maximum absolute atomic E-state index is 13.2. The van der Waals surface area contributed by atoms with Crippen LogP contribution in [-0.4, -0.2) is 10.9 Å². The van der Waals surface area contributed by atoms with Crippen LogP contribution < -0.4 is 4.90 Å². The molecule has 0 saturated carbocycles. The van der Waals surface area contributed by atoms with Crippen LogP contribution in [0.25, 0.3) is 22.7 Å². The number of pyridine rings is 1. The van der Waals surface area contributed by atoms with Crippen molar-refractivity contribution in [3.63, 3.8) is 0 Å². The fourth-order valence-corrected chi connectivity index (χ4v) is 4.03. The summed E-state index contributed by atoms with van der Waals surface area (Å²) in [5, 5.41) is 5.14. The van der Waals surface area contributed by atoms with Gasteiger partial charge in [-0.05, 0) is 46.7 Å². The molecule has 0 N–H and O–H groups in total. The van der Waals surface area contributed by atoms with Crippen molar-refractivity contribution in [2.75, 3.05) is 4.90 Å². The van der Waals surface area contributed by atoms with E-state index in [4.69, 9.17) is 0 Å². The summed E-state index contributed by atoms with van der Waals surface area (Å²) in [5.41, 5.74) is 5.30. The minimum Gasteiger partial charge on any atom is -0.274 e. The molecule has 2 aromatic heterocycles. The Labute approximate surface area is 154 Å². The zero-order chi connectivity index (χ0) is 17.5. The van der Waals surface area contributed by atoms with Crippen LogP contribution in [0.4, 0.5) is 5.69 Å². The van der Waals surface area contributed by atoms with Crippen LogP contribution in [0.1, 0.15) is 21.5 Å². The number of carbonyl (C=O) groups is 1. The fourth-order valence-electron chi connectivity index (χ4n) is 3.41. The Morgan fingerprint density at radius 3 is 2.62 bits per heavy atom. The lowest BCUT2D eigenvalue weighted by Gasteiger charge is -2.20. The zero-order valence-corrected chi connectivity index (χ0v) is 14.6. The van der Waals surface area contributed by atoms with Gasteiger partial charge in [-0.1, -0.05) is 36.4 Å². The van der Waals surface area contributed by atoms with Gasteiger partial charge in [0.25, 0.3) is 5.91 Å². The molecular formula is C22H14N2OS. The minimum atomic E-state index is -0.0137. The van der Waals surface area contributed by atoms with Gasteiger partial charge in [-0.2, -0.15) is 11.3 Å². The maximum Gasteiger partial charge on any atom is 0.263 e. The summed E-state index contributed by atoms with van der Waals surface area (Å²) in [4.78, 5) is 19.6. The quantitative estimate of drug-likeness (QED) is 0.479. The summed E-state index contributed by atoms with van der Waals surface area (Å²) in [6, 6.07) is 19.7. The van der Waals surface area contributed by atoms with Gasteiger partial charge < -0.3 is 0 Å². The highest BCUT2D eigenvalue weighted by Crippen LogP contribution is 2.40. The number of nitrogens with zero attached hydrogens (tertiary/aromatic N) is 2. The Morgan fingerprint density at radius 2 is 1.77 bits per heavy atom. The molecule has 4 heteroatoms. The predicted molar refractivity (Wildman–Crippen MR) is 107 cm³/mol. The molecule has 0 radical (unpaired) electrons. The average molecular weight is 354 g/mol. The number of rotatable bonds is 2. The van der Waals surface area contributed by atoms with Gasteiger partial charge in [0.2, 0.25) is 0 Å². The van der Waals surface area contributed by atoms with E-state index < -0.39 is 0 Å². The molecule has 3 nitrogen and oxygen atoms in total. The Kier molecular flexibility index (Phi) is 3.43. The molecule has 0 spiro atoms. The van der Waals surface area contributed by atoms with Gasteiger partial charge in [0, 0.05) is 22.7 Å². The topological polar surface area (TPSA) is 33.2 Å². The van der Waals surface area contributed by atoms with Crippen molar-refractivity contribution in [1.29, 1.82) is 0 Å². The summed E-state index contributed by atoms with van der Waals surface area (Å²) >= 11 is 1.64. The summed E-state index contributed by atoms with van der Waals surface area (Å²) in [6.07, 6.45) is 3.84. The van der Waals surface area contributed by atoms with E-state index in [9.17, 15) is 4.79 Å². The maximum atomic E-state index is 13.2. The van der Waals surface area contributed by atoms with Crippen molar-refractivity contribution in [3.8, 4) is 0 Å². The van der Waals surface area contributed by atoms with Gasteiger partial charge in [0.05, 0.1) is 16.9 Å². The molecule has 0 fully saturated rings. The highest BCUT2D eigenvalue weighted by atomic mass is 32.1. The first-order valence-corrected chi connectivity index (χ1v) is 9.29. The molecule has 0 bridgehead atoms. The third-order valence-corrected chi connectivity index (χ3v) is 5.28. The molecule has 1 aliphatic heterocycles. The highest BCUT2D eigenvalue weighted by Gasteiger charge is 2.34. The molecule has 0 aliphatic carbocycles. The van der Waals surface area contributed by atoms with Crippen molar-refractivity contribution < 1.29 is 4.79 Å². The lowest BCUT2D eigenvalue weighted by atomic mass is 10.1. The van der Waals surface area contributed by atoms with Crippen LogP contribution in [0.2, 0.25) is 0 Å². The number of amides is 1. The molecule has 0 unspecified atom stereocenters. The lowest BCUT2D eigenvalue weighted by molar-refractivity contribution is 0.101. The Morgan fingerprint density at radius 1 is 0.923 bits per heavy atom. The van der Waals surface area contributed by atoms with Crippen molar-refractivity contribution >= 4 is 45.6 Å². The molecule has 1 amide bonds. The van der Waals surface area contributed by atoms with Gasteiger partial charge in [-0.15, -0.1) is 0 Å². The molecule has 0 atom stereocenters. The average Bonchev–Trinajstić information content (AvgIpc) is 3.29. The molecule has 2 aromatic carbocycles. The number of benzene rings is 2. The van der Waals surface area contributed by atoms with Crippen molar-refractivity contribution in [1.82, 2.24) is 4.98 Å². The van der Waals surface area contributed by atoms with Crippen molar-refractivity contribution in [2.24, 2.45) is 0 Å². The van der Waals surface area contributed by atoms with E-state index in [1.165, 1.54) is 0 Å². The first-order chi connectivity index (χ1) is 12.8. The second-order valence-corrected chi connectivity index (χ2v) is 6.90. The number of para-hydroxylation sites is 1. The van der Waals surface area contributed by atoms with Crippen molar-refractivity contribution in [3.05, 3.63) is 94.3 Å². The van der Waals surface area contributed by atoms with E-state index in [1.54, 1.807) is 22.4 Å². The number of anilines is 1. The molecular weight excluding hydrogens is 340 g/mol. The van der Waals surface area contributed by atoms with E-state index in [0.717, 1.165) is 39.0 Å². The largest absolute Gasteiger partial charge is 0.274 e. The number of hydrogen-bond donors (Lipinski definition) is 0. The molecule has 0 saturated heterocycles. The van der Waals surface area contributed by atoms with Gasteiger partial charge in [-0.25, -0.2) is 0 Å². The number of aromatic nitrogens is 1. The van der Waals surface area contributed by atoms with Crippen LogP contribution in [0.15, 0.2) is 77.6 Å². The first-order valence-electron chi connectivity index (χ1n) is 8.34. The zero-order valence-electron chi connectivity index (χ0n) is 13.8. The van der Waals surface area contributed by atoms with Crippen LogP contribution in [0.5, 0.6) is 0 Å². The third kappa shape index (κ3) is 2.27. The Hall–Kier alpha value is -3.24. The molecule has 124 valence electrons. The van der Waals surface area contributed by atoms with E-state index in [2.05, 4.69) is 22.5 Å². The van der Waals surface area contributed by atoms with Crippen LogP contribution in [0, 0.1) is 0 Å². The summed E-state index contributed by atoms with van der Waals surface area (Å²) in [5.74, 6) is -0.0137. The van der Waals surface area contributed by atoms with Gasteiger partial charge >= 0.3 is 0 Å². The number of fused-ring (bicyclic) bond motifs is 2. The number of thiophene rings is 1. The summed E-state index contributed by atoms with van der Waals surface area (Å²) < 4.78 is 0. The smallest absolute Gasteiger partial charge is 0.263 e. The molecule has 3 heterocycles. The van der Waals surface area contributed by atoms with Crippen LogP contribution in [0.3, 0.4) is 0 Å². The Balaban J connectivity index is 1.78. The summed E-state index contributed by atoms with van der Waals surface area (Å²) in [6.45, 7) is 0. The van der Waals surface area contributed by atoms with Gasteiger partial charge in [0.15, 0.2) is 0 Å². The predicted octanol–water partition coefficient (Wildman–Crippen LogP) is 5.45. The van der Waals surface area contributed by atoms with Gasteiger partial charge in [0.1, 0.15) is 0 Å². The van der Waals surface area contributed by atoms with E-state index in [0.29, 0.717) is 0 Å². The van der Waals surface area contributed by atoms with E-state index in [-0.39, 0.29) is 5.91 Å². The van der Waals surface area contributed by atoms with E-state index >= 15 is 0 Å². The second-order valence-electron chi connectivity index (χ2n) is 6.12. The lowest BCUT2D eigenvalue weighted by Crippen LogP contribution is -2.22. The third-order valence-electron chi connectivity index (χ3n) is 4.58. The van der Waals surface area contributed by atoms with E-state index in [1.807, 2.05) is 60.0 Å². The number of hydrogen-bond acceptors (Lipinski definition) is 3. The second kappa shape index (κ2) is 5.93. The monoisotopic (exact) mass is 354 g/mol. The first kappa shape index (κ1) is 15.0. The fraction of sp³-hybridized carbons (Fsp3) is 0. The highest BCUT2D eigenvalue weighted by molar-refractivity contribution is 7.08. The SMILES string of the molecule is O=C1c2ccccc2/C(=C/c2ccsc2)N1c1cccc2cccnc12. The Bertz CT molecular complexity index is 1160. The molecule has 4 aromatic rings. The summed E-state index contributed by atoms with van der Waals surface area (Å²) in [7, 11) is 0. The van der Waals surface area contributed by atoms with Crippen LogP contribution in [-0.2, 0) is 0 Å². The number of carbonyl (C=O) groups excluding carboxylic acids is 1. The molecule has 26 heavy (non-hydrogen) atoms. The standard InChI is InChI=1S/C22H14N2OS/c25-22-18-8-2-1-7-17(18)20(13-15-10-12-26-14-15)24(22)19-9-3-5-16-6-4-11-23-21(16)19/h1-14H/b20-13-. The normalized spacial score (nSPS) is 15.0.